The minimum absolute atomic E-state index is 0.0712. The first-order chi connectivity index (χ1) is 8.65. The lowest BCUT2D eigenvalue weighted by Gasteiger charge is -2.32. The molecule has 1 aliphatic rings. The van der Waals surface area contributed by atoms with Crippen LogP contribution in [0.4, 0.5) is 0 Å². The number of aryl methyl sites for hydroxylation is 1. The number of halogens is 1. The molecule has 1 atom stereocenters. The number of nitrogens with two attached hydrogens (primary N) is 1. The van der Waals surface area contributed by atoms with Crippen LogP contribution >= 0.6 is 11.6 Å². The molecule has 0 radical (unpaired) electrons. The molecule has 0 bridgehead atoms. The lowest BCUT2D eigenvalue weighted by atomic mass is 9.98. The van der Waals surface area contributed by atoms with Crippen molar-refractivity contribution in [1.82, 2.24) is 9.47 Å². The number of amides is 1. The second-order valence-corrected chi connectivity index (χ2v) is 5.26. The molecule has 1 unspecified atom stereocenters. The zero-order valence-electron chi connectivity index (χ0n) is 10.7. The van der Waals surface area contributed by atoms with Gasteiger partial charge < -0.3 is 15.2 Å². The molecule has 100 valence electrons. The number of aromatic nitrogens is 1. The Labute approximate surface area is 113 Å². The van der Waals surface area contributed by atoms with Crippen LogP contribution in [-0.4, -0.2) is 35.0 Å². The summed E-state index contributed by atoms with van der Waals surface area (Å²) in [5, 5.41) is 0.618. The van der Waals surface area contributed by atoms with Crippen LogP contribution in [0.3, 0.4) is 0 Å². The second-order valence-electron chi connectivity index (χ2n) is 4.82. The fourth-order valence-corrected chi connectivity index (χ4v) is 2.74. The van der Waals surface area contributed by atoms with Crippen LogP contribution in [-0.2, 0) is 6.54 Å². The summed E-state index contributed by atoms with van der Waals surface area (Å²) in [7, 11) is 0. The van der Waals surface area contributed by atoms with E-state index in [1.165, 1.54) is 0 Å². The van der Waals surface area contributed by atoms with Gasteiger partial charge in [0.15, 0.2) is 0 Å². The molecule has 0 aromatic carbocycles. The first-order valence-electron chi connectivity index (χ1n) is 6.50. The average molecular weight is 270 g/mol. The van der Waals surface area contributed by atoms with E-state index in [1.807, 2.05) is 16.4 Å². The predicted molar refractivity (Wildman–Crippen MR) is 72.8 cm³/mol. The fourth-order valence-electron chi connectivity index (χ4n) is 2.52. The predicted octanol–water partition coefficient (Wildman–Crippen LogP) is 1.97. The molecule has 1 amide bonds. The molecule has 1 fully saturated rings. The molecular weight excluding hydrogens is 250 g/mol. The number of rotatable bonds is 3. The molecule has 18 heavy (non-hydrogen) atoms. The van der Waals surface area contributed by atoms with Gasteiger partial charge in [0.1, 0.15) is 5.69 Å². The standard InChI is InChI=1S/C13H20ClN3O/c1-2-16-9-11(14)6-12(16)13(18)17-5-3-4-10(7-15)8-17/h6,9-10H,2-5,7-8,15H2,1H3. The van der Waals surface area contributed by atoms with E-state index in [1.54, 1.807) is 12.3 Å². The highest BCUT2D eigenvalue weighted by Gasteiger charge is 2.25. The maximum absolute atomic E-state index is 12.5. The van der Waals surface area contributed by atoms with E-state index in [4.69, 9.17) is 17.3 Å². The average Bonchev–Trinajstić information content (AvgIpc) is 2.79. The molecule has 5 heteroatoms. The van der Waals surface area contributed by atoms with Crippen LogP contribution in [0.15, 0.2) is 12.3 Å². The highest BCUT2D eigenvalue weighted by molar-refractivity contribution is 6.31. The number of piperidine rings is 1. The maximum Gasteiger partial charge on any atom is 0.270 e. The van der Waals surface area contributed by atoms with Gasteiger partial charge >= 0.3 is 0 Å². The van der Waals surface area contributed by atoms with Crippen molar-refractivity contribution >= 4 is 17.5 Å². The van der Waals surface area contributed by atoms with E-state index in [0.717, 1.165) is 32.5 Å². The van der Waals surface area contributed by atoms with Crippen molar-refractivity contribution in [2.24, 2.45) is 11.7 Å². The number of carbonyl (C=O) groups excluding carboxylic acids is 1. The highest BCUT2D eigenvalue weighted by Crippen LogP contribution is 2.20. The van der Waals surface area contributed by atoms with Crippen LogP contribution in [0.2, 0.25) is 5.02 Å². The van der Waals surface area contributed by atoms with Crippen LogP contribution in [0.5, 0.6) is 0 Å². The Morgan fingerprint density at radius 1 is 1.61 bits per heavy atom. The van der Waals surface area contributed by atoms with Crippen molar-refractivity contribution in [3.8, 4) is 0 Å². The smallest absolute Gasteiger partial charge is 0.270 e. The zero-order valence-corrected chi connectivity index (χ0v) is 11.5. The van der Waals surface area contributed by atoms with Crippen LogP contribution in [0, 0.1) is 5.92 Å². The molecule has 1 saturated heterocycles. The summed E-state index contributed by atoms with van der Waals surface area (Å²) in [4.78, 5) is 14.4. The Morgan fingerprint density at radius 2 is 2.39 bits per heavy atom. The van der Waals surface area contributed by atoms with E-state index in [0.29, 0.717) is 23.2 Å². The molecule has 4 nitrogen and oxygen atoms in total. The summed E-state index contributed by atoms with van der Waals surface area (Å²) in [5.74, 6) is 0.505. The number of likely N-dealkylation sites (tertiary alicyclic amines) is 1. The van der Waals surface area contributed by atoms with Crippen LogP contribution in [0.25, 0.3) is 0 Å². The van der Waals surface area contributed by atoms with Gasteiger partial charge in [0.25, 0.3) is 5.91 Å². The summed E-state index contributed by atoms with van der Waals surface area (Å²) in [6.07, 6.45) is 3.96. The molecule has 0 spiro atoms. The molecule has 0 saturated carbocycles. The molecular formula is C13H20ClN3O. The Bertz CT molecular complexity index is 430. The minimum atomic E-state index is 0.0712. The Balaban J connectivity index is 2.14. The van der Waals surface area contributed by atoms with E-state index in [2.05, 4.69) is 0 Å². The van der Waals surface area contributed by atoms with E-state index in [9.17, 15) is 4.79 Å². The van der Waals surface area contributed by atoms with E-state index >= 15 is 0 Å². The number of hydrogen-bond acceptors (Lipinski definition) is 2. The number of carbonyl (C=O) groups is 1. The third-order valence-corrected chi connectivity index (χ3v) is 3.77. The van der Waals surface area contributed by atoms with Gasteiger partial charge in [-0.1, -0.05) is 11.6 Å². The van der Waals surface area contributed by atoms with Crippen LogP contribution in [0.1, 0.15) is 30.3 Å². The van der Waals surface area contributed by atoms with Crippen LogP contribution < -0.4 is 5.73 Å². The fraction of sp³-hybridized carbons (Fsp3) is 0.615. The SMILES string of the molecule is CCn1cc(Cl)cc1C(=O)N1CCCC(CN)C1. The molecule has 1 aromatic rings. The van der Waals surface area contributed by atoms with Crippen molar-refractivity contribution in [1.29, 1.82) is 0 Å². The van der Waals surface area contributed by atoms with Gasteiger partial charge in [-0.15, -0.1) is 0 Å². The van der Waals surface area contributed by atoms with Crippen molar-refractivity contribution < 1.29 is 4.79 Å². The second kappa shape index (κ2) is 5.76. The normalized spacial score (nSPS) is 20.2. The zero-order chi connectivity index (χ0) is 13.1. The summed E-state index contributed by atoms with van der Waals surface area (Å²) < 4.78 is 1.90. The highest BCUT2D eigenvalue weighted by atomic mass is 35.5. The van der Waals surface area contributed by atoms with Crippen molar-refractivity contribution in [3.05, 3.63) is 23.0 Å². The minimum Gasteiger partial charge on any atom is -0.342 e. The number of nitrogens with zero attached hydrogens (tertiary/aromatic N) is 2. The molecule has 2 heterocycles. The molecule has 2 N–H and O–H groups in total. The Morgan fingerprint density at radius 3 is 3.06 bits per heavy atom. The lowest BCUT2D eigenvalue weighted by molar-refractivity contribution is 0.0667. The summed E-state index contributed by atoms with van der Waals surface area (Å²) in [5.41, 5.74) is 6.38. The summed E-state index contributed by atoms with van der Waals surface area (Å²) in [6.45, 7) is 5.00. The monoisotopic (exact) mass is 269 g/mol. The third-order valence-electron chi connectivity index (χ3n) is 3.56. The molecule has 1 aromatic heterocycles. The number of hydrogen-bond donors (Lipinski definition) is 1. The van der Waals surface area contributed by atoms with Crippen molar-refractivity contribution in [2.75, 3.05) is 19.6 Å². The van der Waals surface area contributed by atoms with Crippen molar-refractivity contribution in [2.45, 2.75) is 26.3 Å². The first-order valence-corrected chi connectivity index (χ1v) is 6.88. The quantitative estimate of drug-likeness (QED) is 0.912. The van der Waals surface area contributed by atoms with Gasteiger partial charge in [-0.3, -0.25) is 4.79 Å². The van der Waals surface area contributed by atoms with Gasteiger partial charge in [0.2, 0.25) is 0 Å². The Kier molecular flexibility index (Phi) is 4.30. The summed E-state index contributed by atoms with van der Waals surface area (Å²) >= 11 is 5.97. The topological polar surface area (TPSA) is 51.3 Å². The largest absolute Gasteiger partial charge is 0.342 e. The first kappa shape index (κ1) is 13.4. The van der Waals surface area contributed by atoms with Gasteiger partial charge in [0.05, 0.1) is 5.02 Å². The van der Waals surface area contributed by atoms with Gasteiger partial charge in [0, 0.05) is 25.8 Å². The Hall–Kier alpha value is -1.00. The van der Waals surface area contributed by atoms with Gasteiger partial charge in [-0.05, 0) is 38.3 Å². The van der Waals surface area contributed by atoms with E-state index in [-0.39, 0.29) is 5.91 Å². The molecule has 2 rings (SSSR count). The summed E-state index contributed by atoms with van der Waals surface area (Å²) in [6, 6.07) is 1.75. The van der Waals surface area contributed by atoms with E-state index < -0.39 is 0 Å². The third kappa shape index (κ3) is 2.70. The van der Waals surface area contributed by atoms with Gasteiger partial charge in [-0.25, -0.2) is 0 Å². The molecule has 0 aliphatic carbocycles. The van der Waals surface area contributed by atoms with Crippen molar-refractivity contribution in [3.63, 3.8) is 0 Å². The maximum atomic E-state index is 12.5. The lowest BCUT2D eigenvalue weighted by Crippen LogP contribution is -2.42. The van der Waals surface area contributed by atoms with Gasteiger partial charge in [-0.2, -0.15) is 0 Å². The molecule has 1 aliphatic heterocycles.